The van der Waals surface area contributed by atoms with E-state index in [1.807, 2.05) is 5.38 Å². The quantitative estimate of drug-likeness (QED) is 0.860. The molecule has 1 aromatic heterocycles. The number of rotatable bonds is 5. The van der Waals surface area contributed by atoms with Crippen LogP contribution in [0.1, 0.15) is 37.5 Å². The van der Waals surface area contributed by atoms with Crippen LogP contribution in [0.3, 0.4) is 0 Å². The fourth-order valence-corrected chi connectivity index (χ4v) is 4.16. The molecule has 1 fully saturated rings. The third-order valence-electron chi connectivity index (χ3n) is 3.73. The first-order valence-electron chi connectivity index (χ1n) is 6.88. The molecule has 0 spiro atoms. The summed E-state index contributed by atoms with van der Waals surface area (Å²) < 4.78 is 1.09. The third kappa shape index (κ3) is 3.80. The molecule has 3 nitrogen and oxygen atoms in total. The van der Waals surface area contributed by atoms with Gasteiger partial charge in [0, 0.05) is 21.3 Å². The van der Waals surface area contributed by atoms with E-state index in [-0.39, 0.29) is 11.3 Å². The summed E-state index contributed by atoms with van der Waals surface area (Å²) >= 11 is 5.11. The van der Waals surface area contributed by atoms with Crippen LogP contribution in [0.4, 0.5) is 0 Å². The minimum atomic E-state index is -0.193. The molecule has 106 valence electrons. The van der Waals surface area contributed by atoms with Crippen molar-refractivity contribution in [2.24, 2.45) is 5.41 Å². The van der Waals surface area contributed by atoms with Crippen molar-refractivity contribution in [3.63, 3.8) is 0 Å². The molecule has 5 heteroatoms. The number of hydrogen-bond donors (Lipinski definition) is 2. The summed E-state index contributed by atoms with van der Waals surface area (Å²) in [6, 6.07) is 2.07. The Bertz CT molecular complexity index is 421. The van der Waals surface area contributed by atoms with Crippen molar-refractivity contribution < 1.29 is 4.79 Å². The minimum absolute atomic E-state index is 0.193. The van der Waals surface area contributed by atoms with Gasteiger partial charge in [0.15, 0.2) is 0 Å². The average molecular weight is 345 g/mol. The van der Waals surface area contributed by atoms with Crippen LogP contribution >= 0.6 is 27.3 Å². The van der Waals surface area contributed by atoms with Crippen LogP contribution < -0.4 is 10.6 Å². The molecule has 2 rings (SSSR count). The molecule has 0 saturated carbocycles. The second kappa shape index (κ2) is 6.86. The maximum Gasteiger partial charge on any atom is 0.227 e. The second-order valence-corrected chi connectivity index (χ2v) is 7.14. The van der Waals surface area contributed by atoms with E-state index < -0.39 is 0 Å². The summed E-state index contributed by atoms with van der Waals surface area (Å²) in [5.74, 6) is 0.214. The van der Waals surface area contributed by atoms with E-state index in [0.717, 1.165) is 43.2 Å². The smallest absolute Gasteiger partial charge is 0.227 e. The van der Waals surface area contributed by atoms with Crippen LogP contribution in [-0.2, 0) is 11.3 Å². The summed E-state index contributed by atoms with van der Waals surface area (Å²) in [5.41, 5.74) is -0.193. The molecule has 1 atom stereocenters. The standard InChI is InChI=1S/C14H21BrN2OS/c1-2-4-14(5-3-6-16-10-14)13(18)17-8-12-7-11(15)9-19-12/h7,9,16H,2-6,8,10H2,1H3,(H,17,18). The molecule has 1 saturated heterocycles. The topological polar surface area (TPSA) is 41.1 Å². The van der Waals surface area contributed by atoms with Crippen molar-refractivity contribution in [2.75, 3.05) is 13.1 Å². The molecule has 1 aliphatic heterocycles. The predicted octanol–water partition coefficient (Wildman–Crippen LogP) is 3.30. The van der Waals surface area contributed by atoms with E-state index in [9.17, 15) is 4.79 Å². The van der Waals surface area contributed by atoms with E-state index >= 15 is 0 Å². The number of carbonyl (C=O) groups excluding carboxylic acids is 1. The summed E-state index contributed by atoms with van der Waals surface area (Å²) in [6.45, 7) is 4.65. The SMILES string of the molecule is CCCC1(C(=O)NCc2cc(Br)cs2)CCCNC1. The van der Waals surface area contributed by atoms with E-state index in [2.05, 4.69) is 39.6 Å². The Kier molecular flexibility index (Phi) is 5.42. The van der Waals surface area contributed by atoms with E-state index in [1.165, 1.54) is 4.88 Å². The van der Waals surface area contributed by atoms with Gasteiger partial charge in [-0.25, -0.2) is 0 Å². The van der Waals surface area contributed by atoms with E-state index in [1.54, 1.807) is 11.3 Å². The van der Waals surface area contributed by atoms with Crippen molar-refractivity contribution in [2.45, 2.75) is 39.2 Å². The molecular weight excluding hydrogens is 324 g/mol. The van der Waals surface area contributed by atoms with Crippen LogP contribution in [0.2, 0.25) is 0 Å². The van der Waals surface area contributed by atoms with Gasteiger partial charge in [-0.3, -0.25) is 4.79 Å². The van der Waals surface area contributed by atoms with Gasteiger partial charge in [0.2, 0.25) is 5.91 Å². The van der Waals surface area contributed by atoms with Crippen molar-refractivity contribution in [3.05, 3.63) is 20.8 Å². The van der Waals surface area contributed by atoms with Crippen LogP contribution in [0.25, 0.3) is 0 Å². The molecular formula is C14H21BrN2OS. The summed E-state index contributed by atoms with van der Waals surface area (Å²) in [4.78, 5) is 13.7. The zero-order valence-electron chi connectivity index (χ0n) is 11.3. The first-order chi connectivity index (χ1) is 9.16. The largest absolute Gasteiger partial charge is 0.351 e. The van der Waals surface area contributed by atoms with Crippen LogP contribution in [0.5, 0.6) is 0 Å². The van der Waals surface area contributed by atoms with E-state index in [0.29, 0.717) is 6.54 Å². The Morgan fingerprint density at radius 3 is 3.05 bits per heavy atom. The van der Waals surface area contributed by atoms with Gasteiger partial charge in [-0.1, -0.05) is 13.3 Å². The van der Waals surface area contributed by atoms with Crippen molar-refractivity contribution >= 4 is 33.2 Å². The van der Waals surface area contributed by atoms with Gasteiger partial charge in [0.1, 0.15) is 0 Å². The summed E-state index contributed by atoms with van der Waals surface area (Å²) in [6.07, 6.45) is 4.13. The number of amides is 1. The molecule has 1 unspecified atom stereocenters. The normalized spacial score (nSPS) is 23.3. The lowest BCUT2D eigenvalue weighted by molar-refractivity contribution is -0.132. The van der Waals surface area contributed by atoms with Crippen molar-refractivity contribution in [1.82, 2.24) is 10.6 Å². The first-order valence-corrected chi connectivity index (χ1v) is 8.55. The second-order valence-electron chi connectivity index (χ2n) is 5.22. The van der Waals surface area contributed by atoms with Gasteiger partial charge in [-0.15, -0.1) is 11.3 Å². The van der Waals surface area contributed by atoms with Gasteiger partial charge in [0.05, 0.1) is 12.0 Å². The number of thiophene rings is 1. The molecule has 19 heavy (non-hydrogen) atoms. The number of hydrogen-bond acceptors (Lipinski definition) is 3. The van der Waals surface area contributed by atoms with Gasteiger partial charge >= 0.3 is 0 Å². The monoisotopic (exact) mass is 344 g/mol. The predicted molar refractivity (Wildman–Crippen MR) is 83.3 cm³/mol. The minimum Gasteiger partial charge on any atom is -0.351 e. The summed E-state index contributed by atoms with van der Waals surface area (Å²) in [5, 5.41) is 8.54. The fourth-order valence-electron chi connectivity index (χ4n) is 2.77. The average Bonchev–Trinajstić information content (AvgIpc) is 2.83. The Balaban J connectivity index is 1.95. The van der Waals surface area contributed by atoms with Gasteiger partial charge in [-0.2, -0.15) is 0 Å². The number of nitrogens with one attached hydrogen (secondary N) is 2. The van der Waals surface area contributed by atoms with Crippen molar-refractivity contribution in [1.29, 1.82) is 0 Å². The Morgan fingerprint density at radius 2 is 2.47 bits per heavy atom. The molecule has 0 radical (unpaired) electrons. The Hall–Kier alpha value is -0.390. The third-order valence-corrected chi connectivity index (χ3v) is 5.43. The number of piperidine rings is 1. The molecule has 1 aliphatic rings. The highest BCUT2D eigenvalue weighted by atomic mass is 79.9. The van der Waals surface area contributed by atoms with E-state index in [4.69, 9.17) is 0 Å². The van der Waals surface area contributed by atoms with Crippen molar-refractivity contribution in [3.8, 4) is 0 Å². The Morgan fingerprint density at radius 1 is 1.63 bits per heavy atom. The van der Waals surface area contributed by atoms with Gasteiger partial charge in [-0.05, 0) is 47.8 Å². The molecule has 1 aromatic rings. The highest BCUT2D eigenvalue weighted by Gasteiger charge is 2.38. The van der Waals surface area contributed by atoms with Crippen LogP contribution in [0, 0.1) is 5.41 Å². The molecule has 2 heterocycles. The lowest BCUT2D eigenvalue weighted by Crippen LogP contribution is -2.50. The molecule has 2 N–H and O–H groups in total. The zero-order chi connectivity index (χ0) is 13.7. The number of carbonyl (C=O) groups is 1. The maximum atomic E-state index is 12.5. The Labute approximate surface area is 127 Å². The molecule has 0 aliphatic carbocycles. The fraction of sp³-hybridized carbons (Fsp3) is 0.643. The van der Waals surface area contributed by atoms with Crippen LogP contribution in [-0.4, -0.2) is 19.0 Å². The molecule has 1 amide bonds. The molecule has 0 bridgehead atoms. The van der Waals surface area contributed by atoms with Crippen LogP contribution in [0.15, 0.2) is 15.9 Å². The molecule has 0 aromatic carbocycles. The maximum absolute atomic E-state index is 12.5. The zero-order valence-corrected chi connectivity index (χ0v) is 13.7. The lowest BCUT2D eigenvalue weighted by atomic mass is 9.76. The summed E-state index contributed by atoms with van der Waals surface area (Å²) in [7, 11) is 0. The van der Waals surface area contributed by atoms with Gasteiger partial charge in [0.25, 0.3) is 0 Å². The highest BCUT2D eigenvalue weighted by Crippen LogP contribution is 2.32. The van der Waals surface area contributed by atoms with Gasteiger partial charge < -0.3 is 10.6 Å². The number of halogens is 1. The highest BCUT2D eigenvalue weighted by molar-refractivity contribution is 9.10. The first kappa shape index (κ1) is 15.0. The lowest BCUT2D eigenvalue weighted by Gasteiger charge is -2.36.